The minimum atomic E-state index is -0.671. The van der Waals surface area contributed by atoms with Crippen LogP contribution in [-0.2, 0) is 0 Å². The fourth-order valence-electron chi connectivity index (χ4n) is 1.22. The predicted octanol–water partition coefficient (Wildman–Crippen LogP) is 3.36. The van der Waals surface area contributed by atoms with Crippen LogP contribution < -0.4 is 4.91 Å². The Balaban J connectivity index is 2.21. The van der Waals surface area contributed by atoms with Crippen LogP contribution in [0.4, 0.5) is 5.13 Å². The molecule has 0 spiro atoms. The molecule has 2 aromatic rings. The fourth-order valence-corrected chi connectivity index (χ4v) is 2.16. The molecule has 1 N–H and O–H groups in total. The van der Waals surface area contributed by atoms with Crippen molar-refractivity contribution in [2.24, 2.45) is 10.2 Å². The molecule has 0 saturated heterocycles. The van der Waals surface area contributed by atoms with Crippen LogP contribution in [0.15, 0.2) is 39.1 Å². The van der Waals surface area contributed by atoms with E-state index < -0.39 is 5.91 Å². The Morgan fingerprint density at radius 3 is 3.00 bits per heavy atom. The van der Waals surface area contributed by atoms with Gasteiger partial charge in [0.2, 0.25) is 10.0 Å². The maximum absolute atomic E-state index is 11.7. The number of phenolic OH excluding ortho intramolecular Hbond substituents is 1. The van der Waals surface area contributed by atoms with Gasteiger partial charge in [-0.1, -0.05) is 27.3 Å². The summed E-state index contributed by atoms with van der Waals surface area (Å²) in [6.07, 6.45) is 1.65. The van der Waals surface area contributed by atoms with Crippen LogP contribution in [0.3, 0.4) is 0 Å². The van der Waals surface area contributed by atoms with Gasteiger partial charge in [-0.05, 0) is 25.1 Å². The van der Waals surface area contributed by atoms with Gasteiger partial charge >= 0.3 is 5.91 Å². The summed E-state index contributed by atoms with van der Waals surface area (Å²) >= 11 is 4.55. The molecule has 19 heavy (non-hydrogen) atoms. The third-order valence-electron chi connectivity index (χ3n) is 2.06. The smallest absolute Gasteiger partial charge is 0.364 e. The highest BCUT2D eigenvalue weighted by molar-refractivity contribution is 9.10. The first-order valence-electron chi connectivity index (χ1n) is 5.13. The number of thiazole rings is 1. The summed E-state index contributed by atoms with van der Waals surface area (Å²) in [7, 11) is 0. The van der Waals surface area contributed by atoms with E-state index in [0.717, 1.165) is 4.88 Å². The lowest BCUT2D eigenvalue weighted by atomic mass is 10.2. The fraction of sp³-hybridized carbons (Fsp3) is 0.0909. The van der Waals surface area contributed by atoms with Gasteiger partial charge < -0.3 is 5.11 Å². The Morgan fingerprint density at radius 1 is 1.53 bits per heavy atom. The molecule has 1 heterocycles. The summed E-state index contributed by atoms with van der Waals surface area (Å²) in [4.78, 5) is 20.1. The first-order valence-corrected chi connectivity index (χ1v) is 6.74. The molecule has 8 heteroatoms. The molecule has 0 aliphatic heterocycles. The van der Waals surface area contributed by atoms with Crippen molar-refractivity contribution in [2.75, 3.05) is 0 Å². The van der Waals surface area contributed by atoms with Crippen molar-refractivity contribution in [2.45, 2.75) is 6.92 Å². The van der Waals surface area contributed by atoms with Crippen LogP contribution >= 0.6 is 27.3 Å². The van der Waals surface area contributed by atoms with E-state index in [0.29, 0.717) is 9.60 Å². The Morgan fingerprint density at radius 2 is 2.32 bits per heavy atom. The third-order valence-corrected chi connectivity index (χ3v) is 3.35. The highest BCUT2D eigenvalue weighted by atomic mass is 79.9. The molecule has 0 unspecified atom stereocenters. The summed E-state index contributed by atoms with van der Waals surface area (Å²) in [5.41, 5.74) is 0.0589. The van der Waals surface area contributed by atoms with E-state index in [9.17, 15) is 9.90 Å². The number of amides is 1. The molecule has 1 aromatic carbocycles. The number of carbonyl (C=O) groups excluding carboxylic acids is 1. The zero-order chi connectivity index (χ0) is 13.8. The largest absolute Gasteiger partial charge is 0.507 e. The van der Waals surface area contributed by atoms with Crippen molar-refractivity contribution >= 4 is 38.3 Å². The molecule has 1 aromatic heterocycles. The van der Waals surface area contributed by atoms with Gasteiger partial charge in [-0.15, -0.1) is 0 Å². The van der Waals surface area contributed by atoms with E-state index in [1.54, 1.807) is 12.3 Å². The van der Waals surface area contributed by atoms with Gasteiger partial charge in [-0.2, -0.15) is 0 Å². The number of rotatable bonds is 2. The first-order chi connectivity index (χ1) is 9.06. The quantitative estimate of drug-likeness (QED) is 0.671. The van der Waals surface area contributed by atoms with E-state index >= 15 is 0 Å². The number of aromatic hydroxyl groups is 1. The van der Waals surface area contributed by atoms with Gasteiger partial charge in [0.15, 0.2) is 5.11 Å². The zero-order valence-corrected chi connectivity index (χ0v) is 12.1. The van der Waals surface area contributed by atoms with Crippen LogP contribution in [0, 0.1) is 6.92 Å². The van der Waals surface area contributed by atoms with Gasteiger partial charge in [0, 0.05) is 15.5 Å². The molecule has 6 nitrogen and oxygen atoms in total. The van der Waals surface area contributed by atoms with Gasteiger partial charge in [0.25, 0.3) is 5.13 Å². The maximum Gasteiger partial charge on any atom is 0.364 e. The normalized spacial score (nSPS) is 9.79. The molecule has 0 aliphatic carbocycles. The number of hydrogen-bond acceptors (Lipinski definition) is 5. The highest BCUT2D eigenvalue weighted by Crippen LogP contribution is 2.22. The van der Waals surface area contributed by atoms with E-state index in [2.05, 4.69) is 36.1 Å². The number of nitrogens with zero attached hydrogens (tertiary/aromatic N) is 4. The molecule has 96 valence electrons. The van der Waals surface area contributed by atoms with Crippen molar-refractivity contribution in [3.8, 4) is 5.75 Å². The van der Waals surface area contributed by atoms with Crippen LogP contribution in [-0.4, -0.2) is 16.0 Å². The number of halogens is 1. The van der Waals surface area contributed by atoms with E-state index in [1.165, 1.54) is 23.5 Å². The van der Waals surface area contributed by atoms with Gasteiger partial charge in [-0.25, -0.2) is 4.98 Å². The van der Waals surface area contributed by atoms with Crippen molar-refractivity contribution in [3.63, 3.8) is 0 Å². The Labute approximate surface area is 120 Å². The van der Waals surface area contributed by atoms with Gasteiger partial charge in [0.05, 0.1) is 5.56 Å². The second kappa shape index (κ2) is 5.83. The van der Waals surface area contributed by atoms with Crippen LogP contribution in [0.25, 0.3) is 0 Å². The number of benzene rings is 1. The van der Waals surface area contributed by atoms with Crippen LogP contribution in [0.5, 0.6) is 5.75 Å². The Kier molecular flexibility index (Phi) is 4.16. The average Bonchev–Trinajstić information content (AvgIpc) is 2.78. The molecule has 0 bridgehead atoms. The SMILES string of the molecule is Cc1cnc(N=[N+]=NC(=O)c2cc(Br)ccc2O)s1. The summed E-state index contributed by atoms with van der Waals surface area (Å²) in [5, 5.41) is 17.1. The second-order valence-electron chi connectivity index (χ2n) is 3.51. The van der Waals surface area contributed by atoms with Crippen molar-refractivity contribution in [1.82, 2.24) is 9.90 Å². The molecule has 0 atom stereocenters. The number of aromatic nitrogens is 1. The average molecular weight is 340 g/mol. The predicted molar refractivity (Wildman–Crippen MR) is 73.6 cm³/mol. The summed E-state index contributed by atoms with van der Waals surface area (Å²) in [6, 6.07) is 4.48. The molecular weight excluding hydrogens is 332 g/mol. The molecule has 0 fully saturated rings. The number of hydrogen-bond donors (Lipinski definition) is 1. The minimum absolute atomic E-state index is 0.0589. The molecule has 0 aliphatic rings. The Bertz CT molecular complexity index is 692. The topological polar surface area (TPSA) is 89.0 Å². The zero-order valence-electron chi connectivity index (χ0n) is 9.74. The maximum atomic E-state index is 11.7. The van der Waals surface area contributed by atoms with E-state index in [4.69, 9.17) is 0 Å². The molecule has 0 saturated carbocycles. The summed E-state index contributed by atoms with van der Waals surface area (Å²) < 4.78 is 0.663. The number of aryl methyl sites for hydroxylation is 1. The molecule has 2 rings (SSSR count). The standard InChI is InChI=1S/C11H7BrN4O2S/c1-6-5-13-11(19-6)15-16-14-10(18)8-4-7(12)2-3-9(8)17/h2-5H,1H3/p+1. The highest BCUT2D eigenvalue weighted by Gasteiger charge is 2.15. The van der Waals surface area contributed by atoms with Crippen molar-refractivity contribution in [3.05, 3.63) is 39.3 Å². The monoisotopic (exact) mass is 339 g/mol. The van der Waals surface area contributed by atoms with Crippen LogP contribution in [0.1, 0.15) is 15.2 Å². The lowest BCUT2D eigenvalue weighted by molar-refractivity contribution is 0.0990. The van der Waals surface area contributed by atoms with E-state index in [1.807, 2.05) is 6.92 Å². The molecular formula is C11H8BrN4O2S+. The number of carbonyl (C=O) groups is 1. The van der Waals surface area contributed by atoms with E-state index in [-0.39, 0.29) is 11.3 Å². The second-order valence-corrected chi connectivity index (χ2v) is 5.64. The van der Waals surface area contributed by atoms with Crippen LogP contribution in [0.2, 0.25) is 0 Å². The Hall–Kier alpha value is -1.89. The lowest BCUT2D eigenvalue weighted by Crippen LogP contribution is -1.95. The molecule has 0 radical (unpaired) electrons. The minimum Gasteiger partial charge on any atom is -0.507 e. The number of phenols is 1. The first kappa shape index (κ1) is 13.5. The van der Waals surface area contributed by atoms with Gasteiger partial charge in [-0.3, -0.25) is 4.79 Å². The third kappa shape index (κ3) is 3.54. The van der Waals surface area contributed by atoms with Gasteiger partial charge in [0.1, 0.15) is 5.75 Å². The summed E-state index contributed by atoms with van der Waals surface area (Å²) in [6.45, 7) is 1.89. The lowest BCUT2D eigenvalue weighted by Gasteiger charge is -1.96. The van der Waals surface area contributed by atoms with Crippen molar-refractivity contribution in [1.29, 1.82) is 0 Å². The molecule has 1 amide bonds. The summed E-state index contributed by atoms with van der Waals surface area (Å²) in [5.74, 6) is -0.826. The van der Waals surface area contributed by atoms with Crippen molar-refractivity contribution < 1.29 is 9.90 Å².